The molecule has 1 aromatic carbocycles. The molecule has 1 atom stereocenters. The molecule has 2 rings (SSSR count). The maximum atomic E-state index is 5.77. The SMILES string of the molecule is CCCNC(c1ccc(Br)o1)c1cc(Br)ccc1OCC. The Kier molecular flexibility index (Phi) is 6.33. The van der Waals surface area contributed by atoms with Crippen molar-refractivity contribution in [2.75, 3.05) is 13.2 Å². The van der Waals surface area contributed by atoms with Crippen molar-refractivity contribution in [1.29, 1.82) is 0 Å². The third-order valence-corrected chi connectivity index (χ3v) is 3.98. The van der Waals surface area contributed by atoms with E-state index in [0.29, 0.717) is 6.61 Å². The van der Waals surface area contributed by atoms with Crippen molar-refractivity contribution < 1.29 is 9.15 Å². The Morgan fingerprint density at radius 2 is 2.00 bits per heavy atom. The van der Waals surface area contributed by atoms with Gasteiger partial charge in [0.15, 0.2) is 4.67 Å². The Bertz CT molecular complexity index is 583. The van der Waals surface area contributed by atoms with E-state index in [2.05, 4.69) is 50.2 Å². The number of benzene rings is 1. The van der Waals surface area contributed by atoms with Crippen LogP contribution in [0.1, 0.15) is 37.6 Å². The molecule has 1 N–H and O–H groups in total. The van der Waals surface area contributed by atoms with Crippen molar-refractivity contribution in [3.8, 4) is 5.75 Å². The van der Waals surface area contributed by atoms with Crippen LogP contribution in [0.4, 0.5) is 0 Å². The summed E-state index contributed by atoms with van der Waals surface area (Å²) in [6, 6.07) is 9.91. The van der Waals surface area contributed by atoms with Gasteiger partial charge in [0.1, 0.15) is 11.5 Å². The van der Waals surface area contributed by atoms with E-state index in [1.165, 1.54) is 0 Å². The van der Waals surface area contributed by atoms with Crippen molar-refractivity contribution in [3.63, 3.8) is 0 Å². The minimum Gasteiger partial charge on any atom is -0.494 e. The second-order valence-electron chi connectivity index (χ2n) is 4.64. The van der Waals surface area contributed by atoms with Gasteiger partial charge in [-0.1, -0.05) is 22.9 Å². The highest BCUT2D eigenvalue weighted by Gasteiger charge is 2.21. The maximum Gasteiger partial charge on any atom is 0.169 e. The number of halogens is 2. The molecule has 1 heterocycles. The summed E-state index contributed by atoms with van der Waals surface area (Å²) in [6.45, 7) is 5.67. The van der Waals surface area contributed by atoms with Crippen molar-refractivity contribution in [3.05, 3.63) is 50.8 Å². The summed E-state index contributed by atoms with van der Waals surface area (Å²) < 4.78 is 13.3. The lowest BCUT2D eigenvalue weighted by molar-refractivity contribution is 0.329. The molecule has 0 saturated carbocycles. The van der Waals surface area contributed by atoms with E-state index >= 15 is 0 Å². The van der Waals surface area contributed by atoms with Gasteiger partial charge in [-0.05, 0) is 66.2 Å². The zero-order chi connectivity index (χ0) is 15.2. The fourth-order valence-electron chi connectivity index (χ4n) is 2.17. The topological polar surface area (TPSA) is 34.4 Å². The van der Waals surface area contributed by atoms with E-state index in [1.54, 1.807) is 0 Å². The number of hydrogen-bond acceptors (Lipinski definition) is 3. The van der Waals surface area contributed by atoms with Gasteiger partial charge in [-0.15, -0.1) is 0 Å². The highest BCUT2D eigenvalue weighted by atomic mass is 79.9. The normalized spacial score (nSPS) is 12.4. The van der Waals surface area contributed by atoms with Gasteiger partial charge in [0.25, 0.3) is 0 Å². The van der Waals surface area contributed by atoms with Crippen LogP contribution in [0.25, 0.3) is 0 Å². The van der Waals surface area contributed by atoms with Gasteiger partial charge >= 0.3 is 0 Å². The molecule has 0 fully saturated rings. The highest BCUT2D eigenvalue weighted by Crippen LogP contribution is 2.34. The Labute approximate surface area is 142 Å². The molecule has 0 aliphatic rings. The molecule has 0 bridgehead atoms. The second-order valence-corrected chi connectivity index (χ2v) is 6.34. The molecular formula is C16H19Br2NO2. The lowest BCUT2D eigenvalue weighted by Gasteiger charge is -2.20. The predicted octanol–water partition coefficient (Wildman–Crippen LogP) is 5.29. The quantitative estimate of drug-likeness (QED) is 0.665. The molecule has 2 aromatic rings. The van der Waals surface area contributed by atoms with Crippen LogP contribution in [0, 0.1) is 0 Å². The van der Waals surface area contributed by atoms with Gasteiger partial charge in [-0.2, -0.15) is 0 Å². The Hall–Kier alpha value is -0.780. The fourth-order valence-corrected chi connectivity index (χ4v) is 2.87. The molecule has 3 nitrogen and oxygen atoms in total. The number of nitrogens with one attached hydrogen (secondary N) is 1. The van der Waals surface area contributed by atoms with Crippen LogP contribution in [0.15, 0.2) is 43.9 Å². The second kappa shape index (κ2) is 8.01. The fraction of sp³-hybridized carbons (Fsp3) is 0.375. The maximum absolute atomic E-state index is 5.77. The van der Waals surface area contributed by atoms with Crippen molar-refractivity contribution in [1.82, 2.24) is 5.32 Å². The third-order valence-electron chi connectivity index (χ3n) is 3.06. The zero-order valence-corrected chi connectivity index (χ0v) is 15.3. The summed E-state index contributed by atoms with van der Waals surface area (Å²) in [5, 5.41) is 3.53. The van der Waals surface area contributed by atoms with Crippen LogP contribution in [0.2, 0.25) is 0 Å². The lowest BCUT2D eigenvalue weighted by Crippen LogP contribution is -2.23. The van der Waals surface area contributed by atoms with Gasteiger partial charge in [0.05, 0.1) is 12.6 Å². The number of rotatable bonds is 7. The van der Waals surface area contributed by atoms with Crippen LogP contribution < -0.4 is 10.1 Å². The van der Waals surface area contributed by atoms with E-state index in [-0.39, 0.29) is 6.04 Å². The first kappa shape index (κ1) is 16.6. The van der Waals surface area contributed by atoms with E-state index in [9.17, 15) is 0 Å². The molecule has 0 radical (unpaired) electrons. The van der Waals surface area contributed by atoms with Gasteiger partial charge < -0.3 is 14.5 Å². The molecular weight excluding hydrogens is 398 g/mol. The number of furan rings is 1. The summed E-state index contributed by atoms with van der Waals surface area (Å²) >= 11 is 6.91. The molecule has 21 heavy (non-hydrogen) atoms. The molecule has 1 aromatic heterocycles. The monoisotopic (exact) mass is 415 g/mol. The van der Waals surface area contributed by atoms with Crippen LogP contribution >= 0.6 is 31.9 Å². The molecule has 0 aliphatic carbocycles. The minimum atomic E-state index is -0.0321. The zero-order valence-electron chi connectivity index (χ0n) is 12.2. The van der Waals surface area contributed by atoms with Crippen molar-refractivity contribution in [2.24, 2.45) is 0 Å². The van der Waals surface area contributed by atoms with Crippen LogP contribution in [0.3, 0.4) is 0 Å². The molecule has 5 heteroatoms. The summed E-state index contributed by atoms with van der Waals surface area (Å²) in [5.74, 6) is 1.75. The van der Waals surface area contributed by atoms with Crippen molar-refractivity contribution in [2.45, 2.75) is 26.3 Å². The number of hydrogen-bond donors (Lipinski definition) is 1. The molecule has 0 aliphatic heterocycles. The van der Waals surface area contributed by atoms with Gasteiger partial charge in [-0.3, -0.25) is 0 Å². The first-order valence-electron chi connectivity index (χ1n) is 7.06. The Balaban J connectivity index is 2.42. The molecule has 0 amide bonds. The summed E-state index contributed by atoms with van der Waals surface area (Å²) in [5.41, 5.74) is 1.07. The predicted molar refractivity (Wildman–Crippen MR) is 91.9 cm³/mol. The van der Waals surface area contributed by atoms with Crippen LogP contribution in [-0.2, 0) is 0 Å². The minimum absolute atomic E-state index is 0.0321. The van der Waals surface area contributed by atoms with Crippen molar-refractivity contribution >= 4 is 31.9 Å². The van der Waals surface area contributed by atoms with E-state index < -0.39 is 0 Å². The van der Waals surface area contributed by atoms with Gasteiger partial charge in [0.2, 0.25) is 0 Å². The van der Waals surface area contributed by atoms with E-state index in [4.69, 9.17) is 9.15 Å². The first-order valence-corrected chi connectivity index (χ1v) is 8.65. The summed E-state index contributed by atoms with van der Waals surface area (Å²) in [4.78, 5) is 0. The average molecular weight is 417 g/mol. The van der Waals surface area contributed by atoms with Gasteiger partial charge in [-0.25, -0.2) is 0 Å². The smallest absolute Gasteiger partial charge is 0.169 e. The molecule has 1 unspecified atom stereocenters. The Morgan fingerprint density at radius 1 is 1.19 bits per heavy atom. The molecule has 0 spiro atoms. The molecule has 114 valence electrons. The lowest BCUT2D eigenvalue weighted by atomic mass is 10.0. The van der Waals surface area contributed by atoms with E-state index in [0.717, 1.165) is 39.2 Å². The Morgan fingerprint density at radius 3 is 2.62 bits per heavy atom. The third kappa shape index (κ3) is 4.34. The summed E-state index contributed by atoms with van der Waals surface area (Å²) in [6.07, 6.45) is 1.05. The largest absolute Gasteiger partial charge is 0.494 e. The first-order chi connectivity index (χ1) is 10.2. The standard InChI is InChI=1S/C16H19Br2NO2/c1-3-9-19-16(14-7-8-15(18)21-14)12-10-11(17)5-6-13(12)20-4-2/h5-8,10,16,19H,3-4,9H2,1-2H3. The van der Waals surface area contributed by atoms with Crippen LogP contribution in [-0.4, -0.2) is 13.2 Å². The molecule has 0 saturated heterocycles. The average Bonchev–Trinajstić information content (AvgIpc) is 2.89. The van der Waals surface area contributed by atoms with E-state index in [1.807, 2.05) is 31.2 Å². The summed E-state index contributed by atoms with van der Waals surface area (Å²) in [7, 11) is 0. The highest BCUT2D eigenvalue weighted by molar-refractivity contribution is 9.10. The van der Waals surface area contributed by atoms with Gasteiger partial charge in [0, 0.05) is 10.0 Å². The number of ether oxygens (including phenoxy) is 1. The van der Waals surface area contributed by atoms with Crippen LogP contribution in [0.5, 0.6) is 5.75 Å².